The summed E-state index contributed by atoms with van der Waals surface area (Å²) in [5.74, 6) is 1.11. The highest BCUT2D eigenvalue weighted by atomic mass is 32.2. The van der Waals surface area contributed by atoms with Gasteiger partial charge in [-0.1, -0.05) is 19.1 Å². The fraction of sp³-hybridized carbons (Fsp3) is 0.400. The van der Waals surface area contributed by atoms with Crippen molar-refractivity contribution in [2.45, 2.75) is 6.92 Å². The van der Waals surface area contributed by atoms with E-state index in [2.05, 4.69) is 5.32 Å². The predicted octanol–water partition coefficient (Wildman–Crippen LogP) is 1.78. The summed E-state index contributed by atoms with van der Waals surface area (Å²) in [6, 6.07) is 6.44. The molecule has 0 heterocycles. The van der Waals surface area contributed by atoms with E-state index in [0.29, 0.717) is 23.7 Å². The molecule has 0 aliphatic carbocycles. The van der Waals surface area contributed by atoms with Crippen LogP contribution in [0.25, 0.3) is 0 Å². The van der Waals surface area contributed by atoms with Crippen LogP contribution in [-0.4, -0.2) is 27.2 Å². The molecule has 1 aromatic carbocycles. The largest absolute Gasteiger partial charge is 0.379 e. The molecule has 0 aliphatic heterocycles. The van der Waals surface area contributed by atoms with Gasteiger partial charge in [0.2, 0.25) is 0 Å². The van der Waals surface area contributed by atoms with E-state index in [1.54, 1.807) is 18.2 Å². The summed E-state index contributed by atoms with van der Waals surface area (Å²) in [4.78, 5) is 10.2. The van der Waals surface area contributed by atoms with Crippen molar-refractivity contribution < 1.29 is 9.13 Å². The van der Waals surface area contributed by atoms with Crippen LogP contribution >= 0.6 is 0 Å². The maximum Gasteiger partial charge on any atom is 0.292 e. The Bertz CT molecular complexity index is 395. The van der Waals surface area contributed by atoms with E-state index in [-0.39, 0.29) is 5.69 Å². The van der Waals surface area contributed by atoms with E-state index in [4.69, 9.17) is 0 Å². The number of nitro groups is 1. The monoisotopic (exact) mass is 242 g/mol. The lowest BCUT2D eigenvalue weighted by Gasteiger charge is -2.05. The highest BCUT2D eigenvalue weighted by Gasteiger charge is 2.11. The molecule has 0 saturated carbocycles. The van der Waals surface area contributed by atoms with E-state index < -0.39 is 15.7 Å². The van der Waals surface area contributed by atoms with Gasteiger partial charge in [0.15, 0.2) is 0 Å². The third-order valence-electron chi connectivity index (χ3n) is 2.07. The minimum absolute atomic E-state index is 0.0461. The molecule has 0 radical (unpaired) electrons. The molecular weight excluding hydrogens is 228 g/mol. The van der Waals surface area contributed by atoms with E-state index >= 15 is 0 Å². The maximum absolute atomic E-state index is 11.2. The molecule has 1 rings (SSSR count). The second kappa shape index (κ2) is 6.22. The first-order valence-electron chi connectivity index (χ1n) is 4.97. The van der Waals surface area contributed by atoms with Crippen LogP contribution in [-0.2, 0) is 10.8 Å². The van der Waals surface area contributed by atoms with Crippen molar-refractivity contribution in [1.29, 1.82) is 0 Å². The fourth-order valence-corrected chi connectivity index (χ4v) is 1.84. The van der Waals surface area contributed by atoms with E-state index in [0.717, 1.165) is 0 Å². The van der Waals surface area contributed by atoms with E-state index in [9.17, 15) is 14.3 Å². The molecule has 1 atom stereocenters. The Balaban J connectivity index is 2.60. The van der Waals surface area contributed by atoms with Crippen molar-refractivity contribution in [2.75, 3.05) is 23.4 Å². The number of rotatable bonds is 6. The number of hydrogen-bond donors (Lipinski definition) is 1. The topological polar surface area (TPSA) is 72.2 Å². The summed E-state index contributed by atoms with van der Waals surface area (Å²) in [7, 11) is -0.850. The van der Waals surface area contributed by atoms with Gasteiger partial charge in [0.25, 0.3) is 5.69 Å². The van der Waals surface area contributed by atoms with E-state index in [1.807, 2.05) is 6.92 Å². The zero-order chi connectivity index (χ0) is 12.0. The molecule has 1 aromatic rings. The number of hydrogen-bond acceptors (Lipinski definition) is 4. The molecule has 0 bridgehead atoms. The van der Waals surface area contributed by atoms with Gasteiger partial charge in [-0.2, -0.15) is 0 Å². The highest BCUT2D eigenvalue weighted by molar-refractivity contribution is 7.84. The van der Waals surface area contributed by atoms with Gasteiger partial charge in [-0.3, -0.25) is 14.3 Å². The van der Waals surface area contributed by atoms with Crippen LogP contribution in [0.5, 0.6) is 0 Å². The second-order valence-corrected chi connectivity index (χ2v) is 5.00. The molecular formula is C10H14N2O3S. The van der Waals surface area contributed by atoms with Crippen molar-refractivity contribution in [2.24, 2.45) is 0 Å². The predicted molar refractivity (Wildman–Crippen MR) is 65.1 cm³/mol. The third-order valence-corrected chi connectivity index (χ3v) is 3.37. The smallest absolute Gasteiger partial charge is 0.292 e. The Morgan fingerprint density at radius 2 is 2.12 bits per heavy atom. The number of nitrogens with zero attached hydrogens (tertiary/aromatic N) is 1. The molecule has 0 aliphatic rings. The van der Waals surface area contributed by atoms with Gasteiger partial charge in [0, 0.05) is 34.9 Å². The lowest BCUT2D eigenvalue weighted by Crippen LogP contribution is -2.12. The van der Waals surface area contributed by atoms with Crippen LogP contribution < -0.4 is 5.32 Å². The van der Waals surface area contributed by atoms with Crippen molar-refractivity contribution in [1.82, 2.24) is 0 Å². The summed E-state index contributed by atoms with van der Waals surface area (Å²) in [5, 5.41) is 13.6. The van der Waals surface area contributed by atoms with Gasteiger partial charge in [-0.25, -0.2) is 0 Å². The molecule has 0 fully saturated rings. The molecule has 1 unspecified atom stereocenters. The first-order chi connectivity index (χ1) is 7.65. The number of anilines is 1. The maximum atomic E-state index is 11.2. The zero-order valence-electron chi connectivity index (χ0n) is 9.01. The third kappa shape index (κ3) is 3.62. The van der Waals surface area contributed by atoms with Gasteiger partial charge in [-0.05, 0) is 6.07 Å². The van der Waals surface area contributed by atoms with Crippen LogP contribution in [0.3, 0.4) is 0 Å². The van der Waals surface area contributed by atoms with Crippen LogP contribution in [0.2, 0.25) is 0 Å². The average molecular weight is 242 g/mol. The minimum Gasteiger partial charge on any atom is -0.379 e. The SMILES string of the molecule is CCS(=O)CCNc1ccccc1[N+](=O)[O-]. The number of nitrogens with one attached hydrogen (secondary N) is 1. The molecule has 6 heteroatoms. The van der Waals surface area contributed by atoms with Crippen molar-refractivity contribution in [3.63, 3.8) is 0 Å². The van der Waals surface area contributed by atoms with Crippen LogP contribution in [0.4, 0.5) is 11.4 Å². The molecule has 0 aromatic heterocycles. The first kappa shape index (κ1) is 12.6. The number of para-hydroxylation sites is 2. The summed E-state index contributed by atoms with van der Waals surface area (Å²) in [5.41, 5.74) is 0.519. The Labute approximate surface area is 96.5 Å². The standard InChI is InChI=1S/C10H14N2O3S/c1-2-16(15)8-7-11-9-5-3-4-6-10(9)12(13)14/h3-6,11H,2,7-8H2,1H3. The van der Waals surface area contributed by atoms with Gasteiger partial charge in [-0.15, -0.1) is 0 Å². The van der Waals surface area contributed by atoms with Gasteiger partial charge >= 0.3 is 0 Å². The van der Waals surface area contributed by atoms with Gasteiger partial charge < -0.3 is 5.32 Å². The second-order valence-electron chi connectivity index (χ2n) is 3.13. The van der Waals surface area contributed by atoms with Crippen molar-refractivity contribution >= 4 is 22.2 Å². The Morgan fingerprint density at radius 3 is 2.75 bits per heavy atom. The summed E-state index contributed by atoms with van der Waals surface area (Å²) in [6.07, 6.45) is 0. The van der Waals surface area contributed by atoms with Crippen LogP contribution in [0.15, 0.2) is 24.3 Å². The van der Waals surface area contributed by atoms with E-state index in [1.165, 1.54) is 6.07 Å². The lowest BCUT2D eigenvalue weighted by atomic mass is 10.2. The summed E-state index contributed by atoms with van der Waals surface area (Å²) >= 11 is 0. The Kier molecular flexibility index (Phi) is 4.91. The molecule has 88 valence electrons. The molecule has 0 saturated heterocycles. The van der Waals surface area contributed by atoms with Crippen molar-refractivity contribution in [3.05, 3.63) is 34.4 Å². The quantitative estimate of drug-likeness (QED) is 0.609. The minimum atomic E-state index is -0.850. The van der Waals surface area contributed by atoms with Crippen LogP contribution in [0, 0.1) is 10.1 Å². The normalized spacial score (nSPS) is 12.1. The Morgan fingerprint density at radius 1 is 1.44 bits per heavy atom. The molecule has 1 N–H and O–H groups in total. The summed E-state index contributed by atoms with van der Waals surface area (Å²) in [6.45, 7) is 2.33. The highest BCUT2D eigenvalue weighted by Crippen LogP contribution is 2.22. The number of nitro benzene ring substituents is 1. The van der Waals surface area contributed by atoms with Crippen LogP contribution in [0.1, 0.15) is 6.92 Å². The van der Waals surface area contributed by atoms with Gasteiger partial charge in [0.1, 0.15) is 5.69 Å². The van der Waals surface area contributed by atoms with Crippen molar-refractivity contribution in [3.8, 4) is 0 Å². The molecule has 16 heavy (non-hydrogen) atoms. The first-order valence-corrected chi connectivity index (χ1v) is 6.46. The molecule has 0 spiro atoms. The molecule has 0 amide bonds. The lowest BCUT2D eigenvalue weighted by molar-refractivity contribution is -0.384. The van der Waals surface area contributed by atoms with Gasteiger partial charge in [0.05, 0.1) is 4.92 Å². The summed E-state index contributed by atoms with van der Waals surface area (Å²) < 4.78 is 11.2. The molecule has 5 nitrogen and oxygen atoms in total. The zero-order valence-corrected chi connectivity index (χ0v) is 9.83. The number of benzene rings is 1. The average Bonchev–Trinajstić information content (AvgIpc) is 2.29. The fourth-order valence-electron chi connectivity index (χ4n) is 1.23. The Hall–Kier alpha value is -1.43.